The summed E-state index contributed by atoms with van der Waals surface area (Å²) >= 11 is 2.30. The van der Waals surface area contributed by atoms with Gasteiger partial charge in [0.15, 0.2) is 10.8 Å². The van der Waals surface area contributed by atoms with Crippen molar-refractivity contribution in [2.24, 2.45) is 5.16 Å². The maximum absolute atomic E-state index is 13.0. The molecule has 1 fully saturated rings. The van der Waals surface area contributed by atoms with Crippen LogP contribution in [-0.2, 0) is 25.8 Å². The Labute approximate surface area is 215 Å². The molecule has 0 unspecified atom stereocenters. The number of hydrogen-bond acceptors (Lipinski definition) is 12. The molecule has 2 aliphatic rings. The van der Waals surface area contributed by atoms with E-state index in [0.29, 0.717) is 17.0 Å². The molecule has 1 saturated heterocycles. The number of amides is 2. The number of alkyl halides is 1. The van der Waals surface area contributed by atoms with Crippen LogP contribution < -0.4 is 26.5 Å². The van der Waals surface area contributed by atoms with Crippen molar-refractivity contribution in [1.82, 2.24) is 24.8 Å². The second-order valence-electron chi connectivity index (χ2n) is 7.82. The van der Waals surface area contributed by atoms with E-state index in [0.717, 1.165) is 16.2 Å². The van der Waals surface area contributed by atoms with Crippen LogP contribution in [0.5, 0.6) is 0 Å². The zero-order chi connectivity index (χ0) is 26.3. The summed E-state index contributed by atoms with van der Waals surface area (Å²) < 4.78 is 15.8. The lowest BCUT2D eigenvalue weighted by Crippen LogP contribution is -2.71. The third-order valence-corrected chi connectivity index (χ3v) is 7.67. The Morgan fingerprint density at radius 1 is 1.38 bits per heavy atom. The van der Waals surface area contributed by atoms with Crippen molar-refractivity contribution in [3.05, 3.63) is 46.9 Å². The first kappa shape index (κ1) is 24.4. The second-order valence-corrected chi connectivity index (χ2v) is 9.81. The minimum absolute atomic E-state index is 0.0395. The molecule has 17 heteroatoms. The topological polar surface area (TPSA) is 197 Å². The predicted molar refractivity (Wildman–Crippen MR) is 127 cm³/mol. The number of anilines is 2. The molecule has 2 aliphatic heterocycles. The van der Waals surface area contributed by atoms with E-state index in [1.54, 1.807) is 29.1 Å². The standard InChI is InChI=1S/C20H18FN9O5S2/c21-8-35-27-13(10-7-37-20(23)25-10)16(31)26-14-17(32)29-15(19(33)34)9(6-36-18(14)29)5-28-4-2-11(22)30-12(28)1-3-24-30/h1-4,7,14,18,22H,5-6,8H2,(H4,23,25,26,31,33,34)/t14-,18+/m1/s1. The predicted octanol–water partition coefficient (Wildman–Crippen LogP) is -2.01. The van der Waals surface area contributed by atoms with Gasteiger partial charge in [0.25, 0.3) is 18.7 Å². The number of halogens is 1. The van der Waals surface area contributed by atoms with Crippen LogP contribution in [0.25, 0.3) is 5.65 Å². The van der Waals surface area contributed by atoms with Crippen molar-refractivity contribution in [3.8, 4) is 0 Å². The maximum atomic E-state index is 13.0. The lowest BCUT2D eigenvalue weighted by molar-refractivity contribution is -0.666. The Morgan fingerprint density at radius 2 is 2.19 bits per heavy atom. The van der Waals surface area contributed by atoms with Gasteiger partial charge < -0.3 is 31.5 Å². The van der Waals surface area contributed by atoms with E-state index in [9.17, 15) is 23.9 Å². The van der Waals surface area contributed by atoms with E-state index in [4.69, 9.17) is 11.5 Å². The number of thiazole rings is 1. The first-order valence-corrected chi connectivity index (χ1v) is 12.5. The lowest BCUT2D eigenvalue weighted by Gasteiger charge is -2.50. The number of β-lactam (4-membered cyclic amide) rings is 1. The number of rotatable bonds is 8. The van der Waals surface area contributed by atoms with Crippen molar-refractivity contribution in [3.63, 3.8) is 0 Å². The molecule has 37 heavy (non-hydrogen) atoms. The van der Waals surface area contributed by atoms with Gasteiger partial charge in [0.05, 0.1) is 30.1 Å². The van der Waals surface area contributed by atoms with Gasteiger partial charge in [-0.3, -0.25) is 14.5 Å². The SMILES string of the molecule is Nc1nc(C(=NOCF)C(=O)N[C@@H]2C(=O)N3C(C(=O)[O-])=C(C[n+]4ccc(N)n5nccc54)CS[C@@H]23)cs1. The molecule has 0 saturated carbocycles. The monoisotopic (exact) mass is 547 g/mol. The van der Waals surface area contributed by atoms with Crippen LogP contribution in [0.2, 0.25) is 0 Å². The average Bonchev–Trinajstić information content (AvgIpc) is 3.54. The number of fused-ring (bicyclic) bond motifs is 2. The quantitative estimate of drug-likeness (QED) is 0.123. The molecule has 14 nitrogen and oxygen atoms in total. The number of nitrogens with zero attached hydrogens (tertiary/aromatic N) is 6. The van der Waals surface area contributed by atoms with Gasteiger partial charge in [0.2, 0.25) is 5.82 Å². The van der Waals surface area contributed by atoms with E-state index < -0.39 is 36.1 Å². The maximum Gasteiger partial charge on any atom is 0.310 e. The van der Waals surface area contributed by atoms with Crippen molar-refractivity contribution in [1.29, 1.82) is 0 Å². The molecule has 3 aromatic rings. The molecule has 5 rings (SSSR count). The first-order valence-electron chi connectivity index (χ1n) is 10.6. The molecule has 0 aliphatic carbocycles. The largest absolute Gasteiger partial charge is 0.543 e. The highest BCUT2D eigenvalue weighted by Gasteiger charge is 2.53. The highest BCUT2D eigenvalue weighted by Crippen LogP contribution is 2.40. The Morgan fingerprint density at radius 3 is 2.89 bits per heavy atom. The number of aromatic nitrogens is 4. The average molecular weight is 548 g/mol. The molecule has 5 N–H and O–H groups in total. The zero-order valence-corrected chi connectivity index (χ0v) is 20.4. The van der Waals surface area contributed by atoms with Gasteiger partial charge in [0, 0.05) is 22.8 Å². The molecule has 0 radical (unpaired) electrons. The highest BCUT2D eigenvalue weighted by molar-refractivity contribution is 8.00. The number of nitrogens with one attached hydrogen (secondary N) is 1. The number of carboxylic acid groups (broad SMARTS) is 1. The lowest BCUT2D eigenvalue weighted by atomic mass is 10.0. The summed E-state index contributed by atoms with van der Waals surface area (Å²) in [6, 6.07) is 2.28. The number of oxime groups is 1. The summed E-state index contributed by atoms with van der Waals surface area (Å²) in [6.07, 6.45) is 3.25. The number of thioether (sulfide) groups is 1. The number of hydrogen-bond donors (Lipinski definition) is 3. The van der Waals surface area contributed by atoms with Crippen molar-refractivity contribution >= 4 is 63.2 Å². The molecule has 2 atom stereocenters. The summed E-state index contributed by atoms with van der Waals surface area (Å²) in [6.45, 7) is -1.15. The van der Waals surface area contributed by atoms with E-state index in [2.05, 4.69) is 25.4 Å². The third kappa shape index (κ3) is 4.31. The molecule has 5 heterocycles. The van der Waals surface area contributed by atoms with E-state index in [-0.39, 0.29) is 34.5 Å². The fraction of sp³-hybridized carbons (Fsp3) is 0.250. The number of nitrogen functional groups attached to an aromatic ring is 2. The summed E-state index contributed by atoms with van der Waals surface area (Å²) in [5.74, 6) is -2.38. The Balaban J connectivity index is 1.38. The fourth-order valence-corrected chi connectivity index (χ4v) is 5.94. The fourth-order valence-electron chi connectivity index (χ4n) is 4.06. The number of carbonyl (C=O) groups excluding carboxylic acids is 3. The molecular weight excluding hydrogens is 529 g/mol. The van der Waals surface area contributed by atoms with Crippen LogP contribution in [-0.4, -0.2) is 67.0 Å². The Hall–Kier alpha value is -4.25. The minimum atomic E-state index is -1.52. The van der Waals surface area contributed by atoms with Gasteiger partial charge in [-0.1, -0.05) is 14.8 Å². The smallest absolute Gasteiger partial charge is 0.310 e. The number of aliphatic carboxylic acids is 1. The van der Waals surface area contributed by atoms with Crippen LogP contribution >= 0.6 is 23.1 Å². The molecule has 3 aromatic heterocycles. The summed E-state index contributed by atoms with van der Waals surface area (Å²) in [7, 11) is 0. The second kappa shape index (κ2) is 9.66. The van der Waals surface area contributed by atoms with E-state index in [1.807, 2.05) is 0 Å². The van der Waals surface area contributed by atoms with Gasteiger partial charge in [0.1, 0.15) is 23.7 Å². The number of nitrogens with two attached hydrogens (primary N) is 2. The first-order chi connectivity index (χ1) is 17.8. The highest BCUT2D eigenvalue weighted by atomic mass is 32.2. The van der Waals surface area contributed by atoms with Crippen molar-refractivity contribution in [2.45, 2.75) is 18.0 Å². The molecule has 2 amide bonds. The molecule has 0 aromatic carbocycles. The number of carbonyl (C=O) groups is 3. The van der Waals surface area contributed by atoms with Gasteiger partial charge in [-0.15, -0.1) is 23.1 Å². The van der Waals surface area contributed by atoms with Crippen LogP contribution in [0.4, 0.5) is 15.3 Å². The third-order valence-electron chi connectivity index (χ3n) is 5.66. The van der Waals surface area contributed by atoms with Gasteiger partial charge in [-0.05, 0) is 0 Å². The molecular formula is C20H18FN9O5S2. The van der Waals surface area contributed by atoms with Gasteiger partial charge in [-0.2, -0.15) is 0 Å². The molecule has 0 spiro atoms. The summed E-state index contributed by atoms with van der Waals surface area (Å²) in [5, 5.41) is 23.1. The van der Waals surface area contributed by atoms with Gasteiger partial charge in [-0.25, -0.2) is 13.9 Å². The van der Waals surface area contributed by atoms with Crippen LogP contribution in [0.15, 0.2) is 46.3 Å². The van der Waals surface area contributed by atoms with Crippen LogP contribution in [0.3, 0.4) is 0 Å². The van der Waals surface area contributed by atoms with Crippen LogP contribution in [0.1, 0.15) is 5.69 Å². The Kier molecular flexibility index (Phi) is 6.38. The molecule has 0 bridgehead atoms. The Bertz CT molecular complexity index is 1490. The normalized spacial score (nSPS) is 19.5. The van der Waals surface area contributed by atoms with E-state index in [1.165, 1.54) is 21.7 Å². The van der Waals surface area contributed by atoms with Crippen molar-refractivity contribution < 1.29 is 33.3 Å². The number of carboxylic acids is 1. The van der Waals surface area contributed by atoms with E-state index >= 15 is 0 Å². The minimum Gasteiger partial charge on any atom is -0.543 e. The summed E-state index contributed by atoms with van der Waals surface area (Å²) in [5.41, 5.74) is 12.0. The molecule has 192 valence electrons. The van der Waals surface area contributed by atoms with Crippen molar-refractivity contribution in [2.75, 3.05) is 24.1 Å². The van der Waals surface area contributed by atoms with Gasteiger partial charge >= 0.3 is 5.65 Å². The van der Waals surface area contributed by atoms with Crippen LogP contribution in [0, 0.1) is 0 Å². The zero-order valence-electron chi connectivity index (χ0n) is 18.7. The summed E-state index contributed by atoms with van der Waals surface area (Å²) in [4.78, 5) is 47.4.